The molecule has 0 fully saturated rings. The van der Waals surface area contributed by atoms with Crippen molar-refractivity contribution in [2.24, 2.45) is 0 Å². The Morgan fingerprint density at radius 2 is 2.11 bits per heavy atom. The third-order valence-corrected chi connectivity index (χ3v) is 3.01. The molecule has 0 aliphatic carbocycles. The molecule has 2 aromatic rings. The van der Waals surface area contributed by atoms with Crippen LogP contribution < -0.4 is 4.74 Å². The normalized spacial score (nSPS) is 12.2. The predicted molar refractivity (Wildman–Crippen MR) is 73.3 cm³/mol. The van der Waals surface area contributed by atoms with Crippen molar-refractivity contribution >= 4 is 16.7 Å². The molecule has 0 amide bonds. The summed E-state index contributed by atoms with van der Waals surface area (Å²) in [5, 5.41) is 1.95. The highest BCUT2D eigenvalue weighted by molar-refractivity contribution is 5.90. The number of hydrogen-bond donors (Lipinski definition) is 0. The second-order valence-corrected chi connectivity index (χ2v) is 4.24. The molecule has 1 atom stereocenters. The number of fused-ring (bicyclic) bond motifs is 1. The molecule has 0 saturated heterocycles. The van der Waals surface area contributed by atoms with Gasteiger partial charge in [-0.3, -0.25) is 4.79 Å². The van der Waals surface area contributed by atoms with E-state index in [0.717, 1.165) is 10.8 Å². The summed E-state index contributed by atoms with van der Waals surface area (Å²) in [5.74, 6) is -0.182. The van der Waals surface area contributed by atoms with Crippen LogP contribution in [-0.4, -0.2) is 24.7 Å². The van der Waals surface area contributed by atoms with Crippen molar-refractivity contribution in [2.75, 3.05) is 13.7 Å². The van der Waals surface area contributed by atoms with Crippen molar-refractivity contribution in [3.05, 3.63) is 36.0 Å². The first-order chi connectivity index (χ1) is 9.17. The van der Waals surface area contributed by atoms with Crippen molar-refractivity contribution in [3.63, 3.8) is 0 Å². The lowest BCUT2D eigenvalue weighted by molar-refractivity contribution is -0.144. The van der Waals surface area contributed by atoms with Crippen LogP contribution in [0.4, 0.5) is 0 Å². The van der Waals surface area contributed by atoms with Gasteiger partial charge in [0.25, 0.3) is 0 Å². The van der Waals surface area contributed by atoms with Gasteiger partial charge in [0, 0.05) is 11.5 Å². The van der Waals surface area contributed by atoms with E-state index in [1.165, 1.54) is 0 Å². The molecule has 0 aliphatic rings. The lowest BCUT2D eigenvalue weighted by Gasteiger charge is -2.14. The Hall–Kier alpha value is -2.10. The zero-order valence-corrected chi connectivity index (χ0v) is 11.3. The van der Waals surface area contributed by atoms with E-state index in [1.807, 2.05) is 30.3 Å². The van der Waals surface area contributed by atoms with Crippen LogP contribution in [0.2, 0.25) is 0 Å². The summed E-state index contributed by atoms with van der Waals surface area (Å²) in [5.41, 5.74) is 0.688. The summed E-state index contributed by atoms with van der Waals surface area (Å²) < 4.78 is 10.3. The maximum Gasteiger partial charge on any atom is 0.314 e. The second kappa shape index (κ2) is 5.69. The molecule has 2 rings (SSSR count). The monoisotopic (exact) mass is 259 g/mol. The quantitative estimate of drug-likeness (QED) is 0.792. The molecular formula is C15H17NO3. The topological polar surface area (TPSA) is 48.4 Å². The summed E-state index contributed by atoms with van der Waals surface area (Å²) in [6.45, 7) is 3.96. The average Bonchev–Trinajstić information content (AvgIpc) is 2.45. The Bertz CT molecular complexity index is 595. The minimum Gasteiger partial charge on any atom is -0.481 e. The maximum atomic E-state index is 11.9. The van der Waals surface area contributed by atoms with Crippen LogP contribution in [0.25, 0.3) is 10.8 Å². The van der Waals surface area contributed by atoms with Gasteiger partial charge in [-0.2, -0.15) is 0 Å². The summed E-state index contributed by atoms with van der Waals surface area (Å²) in [7, 11) is 1.57. The van der Waals surface area contributed by atoms with Crippen molar-refractivity contribution in [3.8, 4) is 5.88 Å². The molecule has 1 heterocycles. The number of rotatable bonds is 4. The Morgan fingerprint density at radius 1 is 1.37 bits per heavy atom. The first-order valence-electron chi connectivity index (χ1n) is 6.27. The minimum absolute atomic E-state index is 0.270. The molecule has 1 aromatic carbocycles. The number of esters is 1. The van der Waals surface area contributed by atoms with Gasteiger partial charge in [0.2, 0.25) is 5.88 Å². The molecule has 0 radical (unpaired) electrons. The number of carbonyl (C=O) groups excluding carboxylic acids is 1. The standard InChI is InChI=1S/C15H17NO3/c1-4-19-15(17)10(2)14-12-8-6-5-7-11(12)9-13(16-14)18-3/h5-10H,4H2,1-3H3. The highest BCUT2D eigenvalue weighted by Crippen LogP contribution is 2.27. The molecule has 0 bridgehead atoms. The van der Waals surface area contributed by atoms with E-state index in [2.05, 4.69) is 4.98 Å². The fourth-order valence-electron chi connectivity index (χ4n) is 2.01. The zero-order chi connectivity index (χ0) is 13.8. The predicted octanol–water partition coefficient (Wildman–Crippen LogP) is 2.91. The highest BCUT2D eigenvalue weighted by atomic mass is 16.5. The minimum atomic E-state index is -0.417. The molecule has 100 valence electrons. The van der Waals surface area contributed by atoms with Crippen LogP contribution >= 0.6 is 0 Å². The Kier molecular flexibility index (Phi) is 4.00. The molecule has 19 heavy (non-hydrogen) atoms. The van der Waals surface area contributed by atoms with Crippen molar-refractivity contribution in [2.45, 2.75) is 19.8 Å². The smallest absolute Gasteiger partial charge is 0.314 e. The number of methoxy groups -OCH3 is 1. The largest absolute Gasteiger partial charge is 0.481 e. The first-order valence-corrected chi connectivity index (χ1v) is 6.27. The van der Waals surface area contributed by atoms with E-state index in [4.69, 9.17) is 9.47 Å². The highest BCUT2D eigenvalue weighted by Gasteiger charge is 2.21. The van der Waals surface area contributed by atoms with Gasteiger partial charge in [-0.25, -0.2) is 4.98 Å². The zero-order valence-electron chi connectivity index (χ0n) is 11.3. The van der Waals surface area contributed by atoms with Crippen molar-refractivity contribution < 1.29 is 14.3 Å². The molecule has 1 aromatic heterocycles. The van der Waals surface area contributed by atoms with Gasteiger partial charge in [-0.15, -0.1) is 0 Å². The third-order valence-electron chi connectivity index (χ3n) is 3.01. The first kappa shape index (κ1) is 13.3. The van der Waals surface area contributed by atoms with Gasteiger partial charge in [0.05, 0.1) is 25.3 Å². The van der Waals surface area contributed by atoms with Crippen molar-refractivity contribution in [1.82, 2.24) is 4.98 Å². The Morgan fingerprint density at radius 3 is 2.79 bits per heavy atom. The van der Waals surface area contributed by atoms with Gasteiger partial charge in [0.15, 0.2) is 0 Å². The maximum absolute atomic E-state index is 11.9. The van der Waals surface area contributed by atoms with Crippen LogP contribution in [0.5, 0.6) is 5.88 Å². The summed E-state index contributed by atoms with van der Waals surface area (Å²) in [6.07, 6.45) is 0. The van der Waals surface area contributed by atoms with E-state index >= 15 is 0 Å². The lowest BCUT2D eigenvalue weighted by atomic mass is 10.0. The Labute approximate surface area is 112 Å². The summed E-state index contributed by atoms with van der Waals surface area (Å²) in [4.78, 5) is 16.3. The number of pyridine rings is 1. The Balaban J connectivity index is 2.54. The molecule has 0 N–H and O–H groups in total. The van der Waals surface area contributed by atoms with Crippen LogP contribution in [0.3, 0.4) is 0 Å². The van der Waals surface area contributed by atoms with Gasteiger partial charge in [-0.05, 0) is 19.2 Å². The summed E-state index contributed by atoms with van der Waals surface area (Å²) >= 11 is 0. The van der Waals surface area contributed by atoms with Gasteiger partial charge in [0.1, 0.15) is 0 Å². The molecule has 0 spiro atoms. The van der Waals surface area contributed by atoms with E-state index in [-0.39, 0.29) is 5.97 Å². The van der Waals surface area contributed by atoms with Gasteiger partial charge >= 0.3 is 5.97 Å². The molecule has 4 heteroatoms. The fraction of sp³-hybridized carbons (Fsp3) is 0.333. The van der Waals surface area contributed by atoms with E-state index in [9.17, 15) is 4.79 Å². The second-order valence-electron chi connectivity index (χ2n) is 4.24. The van der Waals surface area contributed by atoms with Crippen LogP contribution in [0.1, 0.15) is 25.5 Å². The van der Waals surface area contributed by atoms with Gasteiger partial charge < -0.3 is 9.47 Å². The van der Waals surface area contributed by atoms with Crippen LogP contribution in [-0.2, 0) is 9.53 Å². The summed E-state index contributed by atoms with van der Waals surface area (Å²) in [6, 6.07) is 9.66. The lowest BCUT2D eigenvalue weighted by Crippen LogP contribution is -2.15. The number of nitrogens with zero attached hydrogens (tertiary/aromatic N) is 1. The van der Waals surface area contributed by atoms with E-state index in [0.29, 0.717) is 18.2 Å². The molecule has 0 saturated carbocycles. The van der Waals surface area contributed by atoms with Crippen LogP contribution in [0, 0.1) is 0 Å². The van der Waals surface area contributed by atoms with Crippen LogP contribution in [0.15, 0.2) is 30.3 Å². The number of aromatic nitrogens is 1. The number of hydrogen-bond acceptors (Lipinski definition) is 4. The molecule has 1 unspecified atom stereocenters. The number of carbonyl (C=O) groups is 1. The molecule has 0 aliphatic heterocycles. The third kappa shape index (κ3) is 2.67. The van der Waals surface area contributed by atoms with Gasteiger partial charge in [-0.1, -0.05) is 24.3 Å². The fourth-order valence-corrected chi connectivity index (χ4v) is 2.01. The number of ether oxygens (including phenoxy) is 2. The molecule has 4 nitrogen and oxygen atoms in total. The SMILES string of the molecule is CCOC(=O)C(C)c1nc(OC)cc2ccccc12. The van der Waals surface area contributed by atoms with E-state index in [1.54, 1.807) is 21.0 Å². The van der Waals surface area contributed by atoms with E-state index < -0.39 is 5.92 Å². The number of benzene rings is 1. The average molecular weight is 259 g/mol. The van der Waals surface area contributed by atoms with Crippen molar-refractivity contribution in [1.29, 1.82) is 0 Å². The molecular weight excluding hydrogens is 242 g/mol.